The lowest BCUT2D eigenvalue weighted by Gasteiger charge is -2.70. The molecule has 0 amide bonds. The molecule has 2 N–H and O–H groups in total. The van der Waals surface area contributed by atoms with E-state index < -0.39 is 99.1 Å². The van der Waals surface area contributed by atoms with Crippen LogP contribution in [0.4, 0.5) is 0 Å². The lowest BCUT2D eigenvalue weighted by Crippen LogP contribution is -2.85. The van der Waals surface area contributed by atoms with Crippen molar-refractivity contribution in [1.82, 2.24) is 0 Å². The summed E-state index contributed by atoms with van der Waals surface area (Å²) in [4.78, 5) is 52.6. The van der Waals surface area contributed by atoms with Gasteiger partial charge in [-0.05, 0) is 24.8 Å². The Morgan fingerprint density at radius 2 is 1.76 bits per heavy atom. The van der Waals surface area contributed by atoms with Gasteiger partial charge in [-0.1, -0.05) is 41.5 Å². The Balaban J connectivity index is 1.64. The second-order valence-electron chi connectivity index (χ2n) is 15.1. The van der Waals surface area contributed by atoms with Gasteiger partial charge in [-0.3, -0.25) is 19.2 Å². The van der Waals surface area contributed by atoms with Crippen LogP contribution in [0.5, 0.6) is 0 Å². The van der Waals surface area contributed by atoms with Crippen molar-refractivity contribution in [3.63, 3.8) is 0 Å². The number of fused-ring (bicyclic) bond motifs is 2. The number of cyclic esters (lactones) is 1. The normalized spacial score (nSPS) is 45.7. The van der Waals surface area contributed by atoms with E-state index in [1.807, 2.05) is 6.92 Å². The average molecular weight is 633 g/mol. The van der Waals surface area contributed by atoms with Crippen molar-refractivity contribution in [2.45, 2.75) is 109 Å². The summed E-state index contributed by atoms with van der Waals surface area (Å²) in [5.74, 6) is -7.66. The monoisotopic (exact) mass is 632 g/mol. The van der Waals surface area contributed by atoms with E-state index in [-0.39, 0.29) is 12.8 Å². The van der Waals surface area contributed by atoms with Crippen LogP contribution in [0.3, 0.4) is 0 Å². The molecule has 11 atom stereocenters. The van der Waals surface area contributed by atoms with Crippen LogP contribution in [0, 0.1) is 39.9 Å². The molecular weight excluding hydrogens is 588 g/mol. The predicted octanol–water partition coefficient (Wildman–Crippen LogP) is 3.23. The van der Waals surface area contributed by atoms with Gasteiger partial charge in [0.2, 0.25) is 5.79 Å². The van der Waals surface area contributed by atoms with E-state index in [2.05, 4.69) is 0 Å². The van der Waals surface area contributed by atoms with E-state index in [1.54, 1.807) is 40.7 Å². The molecule has 1 aromatic heterocycles. The van der Waals surface area contributed by atoms with Crippen LogP contribution >= 0.6 is 0 Å². The summed E-state index contributed by atoms with van der Waals surface area (Å²) in [6.45, 7) is 11.7. The second kappa shape index (κ2) is 9.78. The molecule has 3 saturated heterocycles. The van der Waals surface area contributed by atoms with Gasteiger partial charge in [0.05, 0.1) is 32.0 Å². The zero-order valence-corrected chi connectivity index (χ0v) is 27.1. The van der Waals surface area contributed by atoms with Gasteiger partial charge in [-0.15, -0.1) is 0 Å². The topological polar surface area (TPSA) is 168 Å². The fourth-order valence-electron chi connectivity index (χ4n) is 10.5. The minimum absolute atomic E-state index is 0.150. The molecule has 4 heterocycles. The zero-order chi connectivity index (χ0) is 33.1. The molecule has 6 rings (SSSR count). The fraction of sp³-hybridized carbons (Fsp3) is 0.758. The third-order valence-corrected chi connectivity index (χ3v) is 12.3. The number of furan rings is 1. The molecule has 1 aromatic rings. The van der Waals surface area contributed by atoms with Crippen molar-refractivity contribution in [3.8, 4) is 0 Å². The molecule has 0 radical (unpaired) electrons. The summed E-state index contributed by atoms with van der Waals surface area (Å²) in [6, 6.07) is 1.72. The molecular formula is C33H44O12. The summed E-state index contributed by atoms with van der Waals surface area (Å²) in [7, 11) is 1.27. The zero-order valence-electron chi connectivity index (χ0n) is 27.1. The molecule has 2 aliphatic carbocycles. The molecule has 2 saturated carbocycles. The highest BCUT2D eigenvalue weighted by Gasteiger charge is 2.96. The Morgan fingerprint density at radius 3 is 2.33 bits per heavy atom. The lowest BCUT2D eigenvalue weighted by molar-refractivity contribution is -0.385. The van der Waals surface area contributed by atoms with Crippen molar-refractivity contribution in [3.05, 3.63) is 24.2 Å². The van der Waals surface area contributed by atoms with Crippen molar-refractivity contribution >= 4 is 23.9 Å². The van der Waals surface area contributed by atoms with Crippen molar-refractivity contribution < 1.29 is 57.5 Å². The quantitative estimate of drug-likeness (QED) is 0.348. The molecule has 3 aliphatic heterocycles. The van der Waals surface area contributed by atoms with E-state index in [9.17, 15) is 29.4 Å². The molecule has 45 heavy (non-hydrogen) atoms. The van der Waals surface area contributed by atoms with Crippen molar-refractivity contribution in [2.75, 3.05) is 7.11 Å². The highest BCUT2D eigenvalue weighted by molar-refractivity contribution is 5.74. The molecule has 0 unspecified atom stereocenters. The van der Waals surface area contributed by atoms with Gasteiger partial charge in [-0.2, -0.15) is 0 Å². The van der Waals surface area contributed by atoms with E-state index in [1.165, 1.54) is 26.6 Å². The number of esters is 4. The van der Waals surface area contributed by atoms with Gasteiger partial charge in [0.15, 0.2) is 11.7 Å². The van der Waals surface area contributed by atoms with Crippen LogP contribution < -0.4 is 0 Å². The number of ether oxygens (including phenoxy) is 5. The fourth-order valence-corrected chi connectivity index (χ4v) is 10.5. The van der Waals surface area contributed by atoms with Gasteiger partial charge >= 0.3 is 23.9 Å². The predicted molar refractivity (Wildman–Crippen MR) is 152 cm³/mol. The molecule has 1 spiro atoms. The van der Waals surface area contributed by atoms with Crippen LogP contribution in [0.25, 0.3) is 0 Å². The summed E-state index contributed by atoms with van der Waals surface area (Å²) in [5, 5.41) is 26.1. The minimum Gasteiger partial charge on any atom is -0.472 e. The smallest absolute Gasteiger partial charge is 0.308 e. The molecule has 5 fully saturated rings. The highest BCUT2D eigenvalue weighted by atomic mass is 16.7. The minimum atomic E-state index is -2.49. The Morgan fingerprint density at radius 1 is 1.07 bits per heavy atom. The summed E-state index contributed by atoms with van der Waals surface area (Å²) in [6.07, 6.45) is -0.190. The number of rotatable bonds is 6. The second-order valence-corrected chi connectivity index (χ2v) is 15.1. The summed E-state index contributed by atoms with van der Waals surface area (Å²) in [5.41, 5.74) is -6.83. The summed E-state index contributed by atoms with van der Waals surface area (Å²) >= 11 is 0. The van der Waals surface area contributed by atoms with Crippen LogP contribution in [0.15, 0.2) is 23.0 Å². The SMILES string of the molecule is COC(=O)C[C@H]1C(C)(C)[C@H](OC(C)=O)[C@]2(O)[C@@H](OC(=O)C(C)C)[C@@]34O[C@]2(O)[C@]1(C)[C@@H]3CC[C@]1(C)[C@H]4CC(=O)O[C@H]1c1ccoc1. The first-order chi connectivity index (χ1) is 20.9. The largest absolute Gasteiger partial charge is 0.472 e. The van der Waals surface area contributed by atoms with E-state index in [0.717, 1.165) is 0 Å². The van der Waals surface area contributed by atoms with Gasteiger partial charge in [0, 0.05) is 47.0 Å². The standard InChI is InChI=1S/C33H44O12/c1-16(2)25(37)44-27-31-19(9-11-29(6)21(31)14-23(36)43-24(29)18-10-12-41-15-18)30(7)20(13-22(35)40-8)28(4,5)26(42-17(3)34)32(27,38)33(30,39)45-31/h10,12,15-16,19-21,24,26-27,38-39H,9,11,13-14H2,1-8H3/t19-,20-,21+,24-,26-,27-,29+,30+,31+,32-,33+/m0/s1. The van der Waals surface area contributed by atoms with Gasteiger partial charge in [0.25, 0.3) is 0 Å². The number of hydrogen-bond acceptors (Lipinski definition) is 12. The molecule has 248 valence electrons. The Labute approximate surface area is 262 Å². The molecule has 12 heteroatoms. The van der Waals surface area contributed by atoms with Gasteiger partial charge in [0.1, 0.15) is 17.8 Å². The number of carbonyl (C=O) groups is 4. The van der Waals surface area contributed by atoms with Gasteiger partial charge in [-0.25, -0.2) is 0 Å². The molecule has 2 bridgehead atoms. The number of aliphatic hydroxyl groups is 2. The van der Waals surface area contributed by atoms with Crippen molar-refractivity contribution in [2.24, 2.45) is 39.9 Å². The maximum Gasteiger partial charge on any atom is 0.308 e. The Kier molecular flexibility index (Phi) is 6.95. The lowest BCUT2D eigenvalue weighted by atomic mass is 9.35. The van der Waals surface area contributed by atoms with Gasteiger partial charge < -0.3 is 38.3 Å². The van der Waals surface area contributed by atoms with Crippen LogP contribution in [0.1, 0.15) is 85.8 Å². The first-order valence-corrected chi connectivity index (χ1v) is 15.7. The Hall–Kier alpha value is -2.96. The third-order valence-electron chi connectivity index (χ3n) is 12.3. The Bertz CT molecular complexity index is 1420. The van der Waals surface area contributed by atoms with Crippen LogP contribution in [0.2, 0.25) is 0 Å². The maximum absolute atomic E-state index is 13.5. The number of methoxy groups -OCH3 is 1. The molecule has 5 aliphatic rings. The molecule has 0 aromatic carbocycles. The highest BCUT2D eigenvalue weighted by Crippen LogP contribution is 2.82. The number of hydrogen-bond donors (Lipinski definition) is 2. The summed E-state index contributed by atoms with van der Waals surface area (Å²) < 4.78 is 35.4. The van der Waals surface area contributed by atoms with E-state index in [0.29, 0.717) is 18.4 Å². The van der Waals surface area contributed by atoms with E-state index in [4.69, 9.17) is 28.1 Å². The van der Waals surface area contributed by atoms with Crippen LogP contribution in [-0.2, 0) is 42.9 Å². The van der Waals surface area contributed by atoms with E-state index >= 15 is 0 Å². The first kappa shape index (κ1) is 32.0. The number of carbonyl (C=O) groups excluding carboxylic acids is 4. The average Bonchev–Trinajstić information content (AvgIpc) is 3.61. The third kappa shape index (κ3) is 3.70. The first-order valence-electron chi connectivity index (χ1n) is 15.7. The van der Waals surface area contributed by atoms with Crippen molar-refractivity contribution in [1.29, 1.82) is 0 Å². The van der Waals surface area contributed by atoms with Crippen LogP contribution in [-0.4, -0.2) is 70.4 Å². The molecule has 12 nitrogen and oxygen atoms in total. The maximum atomic E-state index is 13.5.